The summed E-state index contributed by atoms with van der Waals surface area (Å²) in [5.41, 5.74) is 3.24. The highest BCUT2D eigenvalue weighted by Crippen LogP contribution is 2.47. The van der Waals surface area contributed by atoms with Crippen molar-refractivity contribution in [1.29, 1.82) is 0 Å². The van der Waals surface area contributed by atoms with E-state index in [1.807, 2.05) is 43.3 Å². The van der Waals surface area contributed by atoms with Crippen molar-refractivity contribution in [2.24, 2.45) is 5.41 Å². The fraction of sp³-hybridized carbons (Fsp3) is 0.417. The van der Waals surface area contributed by atoms with Gasteiger partial charge in [0, 0.05) is 31.0 Å². The number of nitrogens with one attached hydrogen (secondary N) is 2. The first-order valence-corrected chi connectivity index (χ1v) is 10.6. The molecule has 2 fully saturated rings. The van der Waals surface area contributed by atoms with Crippen LogP contribution in [0.3, 0.4) is 0 Å². The van der Waals surface area contributed by atoms with Crippen LogP contribution in [0.1, 0.15) is 43.2 Å². The summed E-state index contributed by atoms with van der Waals surface area (Å²) in [6, 6.07) is 16.0. The van der Waals surface area contributed by atoms with E-state index in [-0.39, 0.29) is 11.8 Å². The zero-order chi connectivity index (χ0) is 20.3. The largest absolute Gasteiger partial charge is 0.372 e. The molecule has 2 aromatic carbocycles. The Kier molecular flexibility index (Phi) is 5.56. The Balaban J connectivity index is 1.33. The fourth-order valence-corrected chi connectivity index (χ4v) is 3.90. The third kappa shape index (κ3) is 4.44. The number of carbonyl (C=O) groups excluding carboxylic acids is 2. The maximum absolute atomic E-state index is 12.8. The van der Waals surface area contributed by atoms with E-state index in [4.69, 9.17) is 0 Å². The summed E-state index contributed by atoms with van der Waals surface area (Å²) in [5, 5.41) is 5.88. The predicted octanol–water partition coefficient (Wildman–Crippen LogP) is 4.02. The molecule has 1 aliphatic heterocycles. The Morgan fingerprint density at radius 3 is 2.17 bits per heavy atom. The SMILES string of the molecule is Cc1ccc(CNC(=O)C2(C(=O)Nc3ccc(N4CCCCC4)cc3)CC2)cc1. The highest BCUT2D eigenvalue weighted by molar-refractivity contribution is 6.13. The summed E-state index contributed by atoms with van der Waals surface area (Å²) in [7, 11) is 0. The molecule has 2 aliphatic rings. The number of aryl methyl sites for hydroxylation is 1. The quantitative estimate of drug-likeness (QED) is 0.731. The van der Waals surface area contributed by atoms with Crippen molar-refractivity contribution in [2.75, 3.05) is 23.3 Å². The Labute approximate surface area is 172 Å². The van der Waals surface area contributed by atoms with Gasteiger partial charge in [-0.15, -0.1) is 0 Å². The molecule has 4 rings (SSSR count). The average Bonchev–Trinajstić information content (AvgIpc) is 3.57. The molecule has 0 bridgehead atoms. The normalized spacial score (nSPS) is 17.5. The smallest absolute Gasteiger partial charge is 0.240 e. The zero-order valence-electron chi connectivity index (χ0n) is 17.0. The lowest BCUT2D eigenvalue weighted by atomic mass is 10.0. The third-order valence-corrected chi connectivity index (χ3v) is 6.04. The van der Waals surface area contributed by atoms with Crippen LogP contribution in [0.5, 0.6) is 0 Å². The molecule has 2 N–H and O–H groups in total. The standard InChI is InChI=1S/C24H29N3O2/c1-18-5-7-19(8-6-18)17-25-22(28)24(13-14-24)23(29)26-20-9-11-21(12-10-20)27-15-3-2-4-16-27/h5-12H,2-4,13-17H2,1H3,(H,25,28)(H,26,29). The minimum Gasteiger partial charge on any atom is -0.372 e. The molecular weight excluding hydrogens is 362 g/mol. The van der Waals surface area contributed by atoms with Crippen LogP contribution in [0.25, 0.3) is 0 Å². The lowest BCUT2D eigenvalue weighted by Gasteiger charge is -2.28. The molecule has 2 aromatic rings. The Hall–Kier alpha value is -2.82. The minimum absolute atomic E-state index is 0.180. The van der Waals surface area contributed by atoms with Crippen LogP contribution in [0, 0.1) is 12.3 Å². The minimum atomic E-state index is -0.920. The van der Waals surface area contributed by atoms with Gasteiger partial charge in [-0.25, -0.2) is 0 Å². The molecule has 5 nitrogen and oxygen atoms in total. The molecule has 0 radical (unpaired) electrons. The molecule has 1 heterocycles. The summed E-state index contributed by atoms with van der Waals surface area (Å²) in [6.07, 6.45) is 4.98. The molecule has 0 unspecified atom stereocenters. The number of amides is 2. The summed E-state index contributed by atoms with van der Waals surface area (Å²) >= 11 is 0. The van der Waals surface area contributed by atoms with E-state index in [0.29, 0.717) is 19.4 Å². The van der Waals surface area contributed by atoms with Gasteiger partial charge in [-0.2, -0.15) is 0 Å². The molecule has 5 heteroatoms. The van der Waals surface area contributed by atoms with Gasteiger partial charge in [-0.3, -0.25) is 9.59 Å². The first kappa shape index (κ1) is 19.5. The van der Waals surface area contributed by atoms with Gasteiger partial charge in [0.15, 0.2) is 0 Å². The average molecular weight is 392 g/mol. The molecule has 0 atom stereocenters. The first-order chi connectivity index (χ1) is 14.1. The van der Waals surface area contributed by atoms with Crippen LogP contribution in [0.2, 0.25) is 0 Å². The lowest BCUT2D eigenvalue weighted by Crippen LogP contribution is -2.39. The summed E-state index contributed by atoms with van der Waals surface area (Å²) in [5.74, 6) is -0.384. The van der Waals surface area contributed by atoms with Gasteiger partial charge < -0.3 is 15.5 Å². The second kappa shape index (κ2) is 8.27. The zero-order valence-corrected chi connectivity index (χ0v) is 17.0. The lowest BCUT2D eigenvalue weighted by molar-refractivity contribution is -0.134. The highest BCUT2D eigenvalue weighted by atomic mass is 16.2. The van der Waals surface area contributed by atoms with E-state index < -0.39 is 5.41 Å². The Morgan fingerprint density at radius 1 is 0.897 bits per heavy atom. The van der Waals surface area contributed by atoms with E-state index >= 15 is 0 Å². The van der Waals surface area contributed by atoms with Crippen LogP contribution >= 0.6 is 0 Å². The second-order valence-corrected chi connectivity index (χ2v) is 8.30. The van der Waals surface area contributed by atoms with Crippen LogP contribution in [-0.4, -0.2) is 24.9 Å². The maximum atomic E-state index is 12.8. The van der Waals surface area contributed by atoms with E-state index in [2.05, 4.69) is 27.7 Å². The maximum Gasteiger partial charge on any atom is 0.240 e. The van der Waals surface area contributed by atoms with E-state index in [1.54, 1.807) is 0 Å². The molecule has 1 saturated carbocycles. The van der Waals surface area contributed by atoms with Crippen molar-refractivity contribution in [2.45, 2.75) is 45.6 Å². The van der Waals surface area contributed by atoms with Crippen molar-refractivity contribution in [1.82, 2.24) is 5.32 Å². The number of hydrogen-bond acceptors (Lipinski definition) is 3. The second-order valence-electron chi connectivity index (χ2n) is 8.30. The fourth-order valence-electron chi connectivity index (χ4n) is 3.90. The van der Waals surface area contributed by atoms with Crippen molar-refractivity contribution >= 4 is 23.2 Å². The van der Waals surface area contributed by atoms with E-state index in [0.717, 1.165) is 24.3 Å². The molecule has 2 amide bonds. The van der Waals surface area contributed by atoms with Crippen LogP contribution in [0.4, 0.5) is 11.4 Å². The Morgan fingerprint density at radius 2 is 1.55 bits per heavy atom. The number of benzene rings is 2. The van der Waals surface area contributed by atoms with Gasteiger partial charge in [0.2, 0.25) is 11.8 Å². The van der Waals surface area contributed by atoms with Gasteiger partial charge in [0.25, 0.3) is 0 Å². The van der Waals surface area contributed by atoms with Gasteiger partial charge in [0.05, 0.1) is 0 Å². The van der Waals surface area contributed by atoms with Crippen LogP contribution < -0.4 is 15.5 Å². The number of rotatable bonds is 6. The highest BCUT2D eigenvalue weighted by Gasteiger charge is 2.56. The number of carbonyl (C=O) groups is 2. The van der Waals surface area contributed by atoms with Gasteiger partial charge >= 0.3 is 0 Å². The molecule has 0 spiro atoms. The topological polar surface area (TPSA) is 61.4 Å². The monoisotopic (exact) mass is 391 g/mol. The number of anilines is 2. The van der Waals surface area contributed by atoms with Crippen LogP contribution in [0.15, 0.2) is 48.5 Å². The van der Waals surface area contributed by atoms with Crippen molar-refractivity contribution in [3.63, 3.8) is 0 Å². The number of hydrogen-bond donors (Lipinski definition) is 2. The summed E-state index contributed by atoms with van der Waals surface area (Å²) in [6.45, 7) is 4.66. The van der Waals surface area contributed by atoms with Crippen molar-refractivity contribution < 1.29 is 9.59 Å². The Bertz CT molecular complexity index is 864. The van der Waals surface area contributed by atoms with Gasteiger partial charge in [-0.05, 0) is 68.9 Å². The van der Waals surface area contributed by atoms with Crippen LogP contribution in [-0.2, 0) is 16.1 Å². The number of nitrogens with zero attached hydrogens (tertiary/aromatic N) is 1. The summed E-state index contributed by atoms with van der Waals surface area (Å²) in [4.78, 5) is 27.9. The first-order valence-electron chi connectivity index (χ1n) is 10.6. The molecule has 1 aliphatic carbocycles. The van der Waals surface area contributed by atoms with Gasteiger partial charge in [0.1, 0.15) is 5.41 Å². The predicted molar refractivity (Wildman–Crippen MR) is 116 cm³/mol. The third-order valence-electron chi connectivity index (χ3n) is 6.04. The molecule has 29 heavy (non-hydrogen) atoms. The number of piperidine rings is 1. The van der Waals surface area contributed by atoms with Crippen molar-refractivity contribution in [3.05, 3.63) is 59.7 Å². The molecule has 1 saturated heterocycles. The van der Waals surface area contributed by atoms with E-state index in [1.165, 1.54) is 30.5 Å². The van der Waals surface area contributed by atoms with Gasteiger partial charge in [-0.1, -0.05) is 29.8 Å². The van der Waals surface area contributed by atoms with Crippen molar-refractivity contribution in [3.8, 4) is 0 Å². The van der Waals surface area contributed by atoms with E-state index in [9.17, 15) is 9.59 Å². The summed E-state index contributed by atoms with van der Waals surface area (Å²) < 4.78 is 0. The molecule has 152 valence electrons. The molecule has 0 aromatic heterocycles. The molecular formula is C24H29N3O2.